The molecule has 1 fully saturated rings. The number of carbonyl (C=O) groups excluding carboxylic acids is 2. The molecule has 0 atom stereocenters. The second-order valence-corrected chi connectivity index (χ2v) is 7.36. The predicted molar refractivity (Wildman–Crippen MR) is 97.5 cm³/mol. The van der Waals surface area contributed by atoms with E-state index in [-0.39, 0.29) is 5.91 Å². The molecule has 2 rings (SSSR count). The molecular weight excluding hydrogens is 318 g/mol. The largest absolute Gasteiger partial charge is 0.444 e. The molecule has 2 amide bonds. The summed E-state index contributed by atoms with van der Waals surface area (Å²) in [6, 6.07) is 7.27. The molecule has 0 unspecified atom stereocenters. The molecule has 1 heterocycles. The first-order valence-corrected chi connectivity index (χ1v) is 8.90. The van der Waals surface area contributed by atoms with E-state index < -0.39 is 11.7 Å². The first-order valence-electron chi connectivity index (χ1n) is 8.90. The average molecular weight is 347 g/mol. The predicted octanol–water partition coefficient (Wildman–Crippen LogP) is 2.54. The Morgan fingerprint density at radius 3 is 2.56 bits per heavy atom. The van der Waals surface area contributed by atoms with E-state index >= 15 is 0 Å². The smallest absolute Gasteiger partial charge is 0.407 e. The molecule has 6 nitrogen and oxygen atoms in total. The first-order chi connectivity index (χ1) is 11.8. The molecule has 138 valence electrons. The Morgan fingerprint density at radius 2 is 1.88 bits per heavy atom. The minimum absolute atomic E-state index is 0.0849. The molecule has 0 saturated carbocycles. The van der Waals surface area contributed by atoms with Crippen LogP contribution in [0.1, 0.15) is 49.5 Å². The lowest BCUT2D eigenvalue weighted by molar-refractivity contribution is 0.0523. The number of amides is 2. The van der Waals surface area contributed by atoms with Gasteiger partial charge in [-0.15, -0.1) is 0 Å². The molecule has 1 aromatic carbocycles. The number of carbonyl (C=O) groups is 2. The number of rotatable bonds is 6. The van der Waals surface area contributed by atoms with E-state index in [2.05, 4.69) is 15.5 Å². The van der Waals surface area contributed by atoms with Crippen LogP contribution < -0.4 is 10.6 Å². The zero-order valence-corrected chi connectivity index (χ0v) is 15.4. The number of benzene rings is 1. The monoisotopic (exact) mass is 347 g/mol. The molecule has 6 heteroatoms. The maximum Gasteiger partial charge on any atom is 0.407 e. The average Bonchev–Trinajstić information content (AvgIpc) is 3.05. The van der Waals surface area contributed by atoms with Gasteiger partial charge in [-0.1, -0.05) is 12.1 Å². The van der Waals surface area contributed by atoms with Gasteiger partial charge in [0.1, 0.15) is 5.60 Å². The molecule has 0 bridgehead atoms. The molecule has 1 saturated heterocycles. The number of ether oxygens (including phenoxy) is 1. The number of alkyl carbamates (subject to hydrolysis) is 1. The van der Waals surface area contributed by atoms with Crippen molar-refractivity contribution in [2.45, 2.75) is 45.8 Å². The number of likely N-dealkylation sites (tertiary alicyclic amines) is 1. The minimum atomic E-state index is -0.527. The summed E-state index contributed by atoms with van der Waals surface area (Å²) in [5.41, 5.74) is 0.934. The third kappa shape index (κ3) is 7.13. The summed E-state index contributed by atoms with van der Waals surface area (Å²) >= 11 is 0. The standard InChI is InChI=1S/C19H29N3O3/c1-19(2,3)25-18(24)21-14-15-7-6-8-16(13-15)17(23)20-9-12-22-10-4-5-11-22/h6-8,13H,4-5,9-12,14H2,1-3H3,(H,20,23)(H,21,24). The van der Waals surface area contributed by atoms with Crippen LogP contribution in [-0.4, -0.2) is 48.7 Å². The fourth-order valence-electron chi connectivity index (χ4n) is 2.75. The van der Waals surface area contributed by atoms with Gasteiger partial charge in [0.25, 0.3) is 5.91 Å². The Bertz CT molecular complexity index is 590. The van der Waals surface area contributed by atoms with Gasteiger partial charge in [-0.2, -0.15) is 0 Å². The summed E-state index contributed by atoms with van der Waals surface area (Å²) in [6.45, 7) is 9.58. The summed E-state index contributed by atoms with van der Waals surface area (Å²) < 4.78 is 5.20. The van der Waals surface area contributed by atoms with Gasteiger partial charge in [0.15, 0.2) is 0 Å². The maximum absolute atomic E-state index is 12.3. The Balaban J connectivity index is 1.78. The molecule has 0 aliphatic carbocycles. The highest BCUT2D eigenvalue weighted by atomic mass is 16.6. The van der Waals surface area contributed by atoms with Gasteiger partial charge in [0.05, 0.1) is 0 Å². The lowest BCUT2D eigenvalue weighted by Gasteiger charge is -2.19. The van der Waals surface area contributed by atoms with E-state index in [1.807, 2.05) is 32.9 Å². The highest BCUT2D eigenvalue weighted by Gasteiger charge is 2.16. The lowest BCUT2D eigenvalue weighted by Crippen LogP contribution is -2.33. The fourth-order valence-corrected chi connectivity index (χ4v) is 2.75. The van der Waals surface area contributed by atoms with Gasteiger partial charge in [-0.05, 0) is 64.4 Å². The lowest BCUT2D eigenvalue weighted by atomic mass is 10.1. The van der Waals surface area contributed by atoms with Gasteiger partial charge in [0, 0.05) is 25.2 Å². The molecule has 25 heavy (non-hydrogen) atoms. The Kier molecular flexibility index (Phi) is 6.82. The van der Waals surface area contributed by atoms with Crippen LogP contribution in [0.25, 0.3) is 0 Å². The van der Waals surface area contributed by atoms with Crippen LogP contribution >= 0.6 is 0 Å². The second kappa shape index (κ2) is 8.85. The van der Waals surface area contributed by atoms with Crippen LogP contribution in [-0.2, 0) is 11.3 Å². The Hall–Kier alpha value is -2.08. The van der Waals surface area contributed by atoms with E-state index in [1.54, 1.807) is 12.1 Å². The highest BCUT2D eigenvalue weighted by molar-refractivity contribution is 5.94. The van der Waals surface area contributed by atoms with Crippen LogP contribution in [0.3, 0.4) is 0 Å². The van der Waals surface area contributed by atoms with Crippen LogP contribution in [0.15, 0.2) is 24.3 Å². The third-order valence-electron chi connectivity index (χ3n) is 3.94. The van der Waals surface area contributed by atoms with Crippen LogP contribution in [0, 0.1) is 0 Å². The summed E-state index contributed by atoms with van der Waals surface area (Å²) in [6.07, 6.45) is 2.04. The van der Waals surface area contributed by atoms with Gasteiger partial charge in [0.2, 0.25) is 0 Å². The second-order valence-electron chi connectivity index (χ2n) is 7.36. The fraction of sp³-hybridized carbons (Fsp3) is 0.579. The minimum Gasteiger partial charge on any atom is -0.444 e. The van der Waals surface area contributed by atoms with Crippen molar-refractivity contribution >= 4 is 12.0 Å². The van der Waals surface area contributed by atoms with Crippen molar-refractivity contribution < 1.29 is 14.3 Å². The van der Waals surface area contributed by atoms with Crippen LogP contribution in [0.2, 0.25) is 0 Å². The summed E-state index contributed by atoms with van der Waals surface area (Å²) in [7, 11) is 0. The molecule has 1 aromatic rings. The first kappa shape index (κ1) is 19.2. The van der Waals surface area contributed by atoms with Crippen molar-refractivity contribution in [1.82, 2.24) is 15.5 Å². The van der Waals surface area contributed by atoms with Crippen LogP contribution in [0.5, 0.6) is 0 Å². The zero-order valence-electron chi connectivity index (χ0n) is 15.4. The topological polar surface area (TPSA) is 70.7 Å². The van der Waals surface area contributed by atoms with Gasteiger partial charge in [-0.3, -0.25) is 4.79 Å². The van der Waals surface area contributed by atoms with Crippen molar-refractivity contribution in [2.24, 2.45) is 0 Å². The van der Waals surface area contributed by atoms with Crippen molar-refractivity contribution in [3.63, 3.8) is 0 Å². The van der Waals surface area contributed by atoms with E-state index in [0.717, 1.165) is 25.2 Å². The number of nitrogens with zero attached hydrogens (tertiary/aromatic N) is 1. The van der Waals surface area contributed by atoms with E-state index in [0.29, 0.717) is 18.7 Å². The van der Waals surface area contributed by atoms with Gasteiger partial charge >= 0.3 is 6.09 Å². The molecule has 0 aromatic heterocycles. The molecule has 0 radical (unpaired) electrons. The van der Waals surface area contributed by atoms with Crippen molar-refractivity contribution in [1.29, 1.82) is 0 Å². The van der Waals surface area contributed by atoms with Gasteiger partial charge < -0.3 is 20.3 Å². The number of hydrogen-bond acceptors (Lipinski definition) is 4. The molecule has 1 aliphatic rings. The summed E-state index contributed by atoms with van der Waals surface area (Å²) in [4.78, 5) is 26.3. The normalized spacial score (nSPS) is 15.0. The Labute approximate surface area is 149 Å². The van der Waals surface area contributed by atoms with E-state index in [4.69, 9.17) is 4.74 Å². The van der Waals surface area contributed by atoms with Crippen molar-refractivity contribution in [2.75, 3.05) is 26.2 Å². The Morgan fingerprint density at radius 1 is 1.16 bits per heavy atom. The van der Waals surface area contributed by atoms with Gasteiger partial charge in [-0.25, -0.2) is 4.79 Å². The molecule has 2 N–H and O–H groups in total. The van der Waals surface area contributed by atoms with E-state index in [1.165, 1.54) is 12.8 Å². The summed E-state index contributed by atoms with van der Waals surface area (Å²) in [5.74, 6) is -0.0849. The summed E-state index contributed by atoms with van der Waals surface area (Å²) in [5, 5.41) is 5.66. The van der Waals surface area contributed by atoms with Crippen molar-refractivity contribution in [3.8, 4) is 0 Å². The zero-order chi connectivity index (χ0) is 18.3. The SMILES string of the molecule is CC(C)(C)OC(=O)NCc1cccc(C(=O)NCCN2CCCC2)c1. The van der Waals surface area contributed by atoms with Crippen LogP contribution in [0.4, 0.5) is 4.79 Å². The highest BCUT2D eigenvalue weighted by Crippen LogP contribution is 2.09. The number of nitrogens with one attached hydrogen (secondary N) is 2. The third-order valence-corrected chi connectivity index (χ3v) is 3.94. The maximum atomic E-state index is 12.3. The quantitative estimate of drug-likeness (QED) is 0.830. The molecule has 0 spiro atoms. The molecule has 1 aliphatic heterocycles. The number of hydrogen-bond donors (Lipinski definition) is 2. The van der Waals surface area contributed by atoms with Crippen molar-refractivity contribution in [3.05, 3.63) is 35.4 Å². The molecular formula is C19H29N3O3. The van der Waals surface area contributed by atoms with E-state index in [9.17, 15) is 9.59 Å².